The van der Waals surface area contributed by atoms with Crippen molar-refractivity contribution in [1.82, 2.24) is 9.80 Å². The third-order valence-corrected chi connectivity index (χ3v) is 8.96. The average Bonchev–Trinajstić information content (AvgIpc) is 3.45. The molecule has 3 aliphatic rings. The minimum atomic E-state index is -0.806. The summed E-state index contributed by atoms with van der Waals surface area (Å²) in [6.07, 6.45) is 8.00. The molecule has 2 aliphatic heterocycles. The van der Waals surface area contributed by atoms with E-state index in [0.29, 0.717) is 63.1 Å². The Bertz CT molecular complexity index is 1120. The molecule has 0 N–H and O–H groups in total. The number of nitrogens with zero attached hydrogens (tertiary/aromatic N) is 2. The topological polar surface area (TPSA) is 49.9 Å². The molecule has 2 amide bonds. The molecule has 2 aromatic carbocycles. The molecule has 0 unspecified atom stereocenters. The van der Waals surface area contributed by atoms with Gasteiger partial charge in [0.2, 0.25) is 11.8 Å². The molecule has 0 radical (unpaired) electrons. The highest BCUT2D eigenvalue weighted by molar-refractivity contribution is 5.89. The van der Waals surface area contributed by atoms with E-state index in [1.54, 1.807) is 24.3 Å². The second-order valence-electron chi connectivity index (χ2n) is 11.4. The average molecular weight is 525 g/mol. The molecule has 5 nitrogen and oxygen atoms in total. The van der Waals surface area contributed by atoms with Crippen molar-refractivity contribution >= 4 is 11.8 Å². The van der Waals surface area contributed by atoms with E-state index >= 15 is 0 Å². The summed E-state index contributed by atoms with van der Waals surface area (Å²) in [6, 6.07) is 12.6. The van der Waals surface area contributed by atoms with Crippen molar-refractivity contribution in [3.63, 3.8) is 0 Å². The summed E-state index contributed by atoms with van der Waals surface area (Å²) in [5.41, 5.74) is -0.709. The van der Waals surface area contributed by atoms with Crippen LogP contribution in [0.1, 0.15) is 69.8 Å². The first kappa shape index (κ1) is 26.6. The van der Waals surface area contributed by atoms with Crippen LogP contribution in [-0.2, 0) is 15.0 Å². The van der Waals surface area contributed by atoms with Gasteiger partial charge in [-0.25, -0.2) is 8.78 Å². The molecule has 2 heterocycles. The molecule has 1 aliphatic carbocycles. The summed E-state index contributed by atoms with van der Waals surface area (Å²) in [5, 5.41) is 0. The number of carbonyl (C=O) groups excluding carboxylic acids is 2. The van der Waals surface area contributed by atoms with Crippen molar-refractivity contribution in [2.45, 2.75) is 69.6 Å². The van der Waals surface area contributed by atoms with Gasteiger partial charge in [-0.1, -0.05) is 31.0 Å². The molecule has 2 saturated heterocycles. The minimum absolute atomic E-state index is 0.00973. The Balaban J connectivity index is 1.32. The predicted molar refractivity (Wildman–Crippen MR) is 142 cm³/mol. The Kier molecular flexibility index (Phi) is 8.01. The maximum absolute atomic E-state index is 14.9. The monoisotopic (exact) mass is 524 g/mol. The lowest BCUT2D eigenvalue weighted by molar-refractivity contribution is -0.142. The predicted octanol–water partition coefficient (Wildman–Crippen LogP) is 5.87. The zero-order chi connectivity index (χ0) is 26.6. The molecular weight excluding hydrogens is 486 g/mol. The first-order valence-electron chi connectivity index (χ1n) is 14.1. The lowest BCUT2D eigenvalue weighted by Crippen LogP contribution is -2.53. The van der Waals surface area contributed by atoms with Crippen molar-refractivity contribution in [3.05, 3.63) is 65.7 Å². The van der Waals surface area contributed by atoms with Crippen molar-refractivity contribution in [2.24, 2.45) is 5.41 Å². The van der Waals surface area contributed by atoms with Gasteiger partial charge in [-0.2, -0.15) is 0 Å². The molecule has 5 rings (SSSR count). The lowest BCUT2D eigenvalue weighted by Gasteiger charge is -2.44. The Morgan fingerprint density at radius 3 is 2.08 bits per heavy atom. The second-order valence-corrected chi connectivity index (χ2v) is 11.4. The normalized spacial score (nSPS) is 20.8. The number of carbonyl (C=O) groups is 2. The van der Waals surface area contributed by atoms with Gasteiger partial charge in [0.25, 0.3) is 0 Å². The SMILES string of the molecule is O=C(CC1(COc2ccc(F)cc2)CCN(C(=O)C2(c3ccccc3F)CCCC2)CC1)N1CCCCC1. The summed E-state index contributed by atoms with van der Waals surface area (Å²) in [5.74, 6) is 0.0873. The van der Waals surface area contributed by atoms with Gasteiger partial charge in [0.05, 0.1) is 12.0 Å². The Morgan fingerprint density at radius 2 is 1.42 bits per heavy atom. The van der Waals surface area contributed by atoms with E-state index in [1.807, 2.05) is 15.9 Å². The van der Waals surface area contributed by atoms with Crippen molar-refractivity contribution in [3.8, 4) is 5.75 Å². The van der Waals surface area contributed by atoms with E-state index in [9.17, 15) is 18.4 Å². The molecule has 3 fully saturated rings. The van der Waals surface area contributed by atoms with Crippen LogP contribution in [-0.4, -0.2) is 54.4 Å². The summed E-state index contributed by atoms with van der Waals surface area (Å²) in [6.45, 7) is 2.94. The zero-order valence-electron chi connectivity index (χ0n) is 22.1. The van der Waals surface area contributed by atoms with Crippen molar-refractivity contribution in [2.75, 3.05) is 32.8 Å². The maximum Gasteiger partial charge on any atom is 0.233 e. The van der Waals surface area contributed by atoms with E-state index in [1.165, 1.54) is 18.2 Å². The van der Waals surface area contributed by atoms with E-state index in [0.717, 1.165) is 45.2 Å². The molecule has 0 bridgehead atoms. The van der Waals surface area contributed by atoms with Gasteiger partial charge >= 0.3 is 0 Å². The fourth-order valence-electron chi connectivity index (χ4n) is 6.63. The van der Waals surface area contributed by atoms with Crippen LogP contribution in [0.25, 0.3) is 0 Å². The highest BCUT2D eigenvalue weighted by atomic mass is 19.1. The van der Waals surface area contributed by atoms with Gasteiger partial charge in [0, 0.05) is 43.6 Å². The highest BCUT2D eigenvalue weighted by Crippen LogP contribution is 2.45. The van der Waals surface area contributed by atoms with Crippen molar-refractivity contribution in [1.29, 1.82) is 0 Å². The third kappa shape index (κ3) is 5.57. The third-order valence-electron chi connectivity index (χ3n) is 8.96. The Hall–Kier alpha value is -2.96. The van der Waals surface area contributed by atoms with Crippen LogP contribution >= 0.6 is 0 Å². The van der Waals surface area contributed by atoms with Crippen molar-refractivity contribution < 1.29 is 23.1 Å². The molecular formula is C31H38F2N2O3. The number of hydrogen-bond donors (Lipinski definition) is 0. The van der Waals surface area contributed by atoms with Crippen LogP contribution < -0.4 is 4.74 Å². The van der Waals surface area contributed by atoms with Crippen LogP contribution in [0.3, 0.4) is 0 Å². The number of amides is 2. The number of ether oxygens (including phenoxy) is 1. The number of benzene rings is 2. The van der Waals surface area contributed by atoms with Crippen LogP contribution in [0.5, 0.6) is 5.75 Å². The molecule has 38 heavy (non-hydrogen) atoms. The summed E-state index contributed by atoms with van der Waals surface area (Å²) < 4.78 is 34.4. The molecule has 7 heteroatoms. The summed E-state index contributed by atoms with van der Waals surface area (Å²) in [4.78, 5) is 31.2. The van der Waals surface area contributed by atoms with Gasteiger partial charge in [-0.05, 0) is 75.3 Å². The van der Waals surface area contributed by atoms with Gasteiger partial charge < -0.3 is 14.5 Å². The first-order valence-corrected chi connectivity index (χ1v) is 14.1. The lowest BCUT2D eigenvalue weighted by atomic mass is 9.73. The van der Waals surface area contributed by atoms with Gasteiger partial charge in [0.15, 0.2) is 0 Å². The van der Waals surface area contributed by atoms with E-state index in [4.69, 9.17) is 4.74 Å². The Morgan fingerprint density at radius 1 is 0.763 bits per heavy atom. The molecule has 0 spiro atoms. The van der Waals surface area contributed by atoms with Crippen LogP contribution in [0.2, 0.25) is 0 Å². The van der Waals surface area contributed by atoms with Gasteiger partial charge in [0.1, 0.15) is 17.4 Å². The van der Waals surface area contributed by atoms with E-state index < -0.39 is 10.8 Å². The molecule has 0 atom stereocenters. The number of piperidine rings is 2. The molecule has 2 aromatic rings. The quantitative estimate of drug-likeness (QED) is 0.455. The van der Waals surface area contributed by atoms with Crippen LogP contribution in [0.15, 0.2) is 48.5 Å². The maximum atomic E-state index is 14.9. The van der Waals surface area contributed by atoms with Crippen LogP contribution in [0, 0.1) is 17.0 Å². The highest BCUT2D eigenvalue weighted by Gasteiger charge is 2.48. The minimum Gasteiger partial charge on any atom is -0.493 e. The smallest absolute Gasteiger partial charge is 0.233 e. The summed E-state index contributed by atoms with van der Waals surface area (Å²) >= 11 is 0. The van der Waals surface area contributed by atoms with E-state index in [2.05, 4.69) is 0 Å². The zero-order valence-corrected chi connectivity index (χ0v) is 22.1. The number of rotatable bonds is 7. The van der Waals surface area contributed by atoms with Crippen LogP contribution in [0.4, 0.5) is 8.78 Å². The number of halogens is 2. The Labute approximate surface area is 224 Å². The first-order chi connectivity index (χ1) is 18.4. The number of hydrogen-bond acceptors (Lipinski definition) is 3. The summed E-state index contributed by atoms with van der Waals surface area (Å²) in [7, 11) is 0. The molecule has 1 saturated carbocycles. The van der Waals surface area contributed by atoms with E-state index in [-0.39, 0.29) is 23.4 Å². The fourth-order valence-corrected chi connectivity index (χ4v) is 6.63. The molecule has 0 aromatic heterocycles. The number of likely N-dealkylation sites (tertiary alicyclic amines) is 2. The molecule has 204 valence electrons. The van der Waals surface area contributed by atoms with Gasteiger partial charge in [-0.15, -0.1) is 0 Å². The fraction of sp³-hybridized carbons (Fsp3) is 0.548. The largest absolute Gasteiger partial charge is 0.493 e. The second kappa shape index (κ2) is 11.4. The standard InChI is InChI=1S/C31H38F2N2O3/c32-24-10-12-25(13-11-24)38-23-30(22-28(36)34-18-6-1-7-19-34)16-20-35(21-17-30)29(37)31(14-4-5-15-31)26-8-2-3-9-27(26)33/h2-3,8-13H,1,4-7,14-23H2. The van der Waals surface area contributed by atoms with Gasteiger partial charge in [-0.3, -0.25) is 9.59 Å².